The summed E-state index contributed by atoms with van der Waals surface area (Å²) >= 11 is 0. The Hall–Kier alpha value is -5.04. The fraction of sp³-hybridized carbons (Fsp3) is 0.0938. The molecule has 4 aromatic carbocycles. The van der Waals surface area contributed by atoms with Crippen molar-refractivity contribution >= 4 is 34.5 Å². The van der Waals surface area contributed by atoms with Gasteiger partial charge in [-0.1, -0.05) is 48.5 Å². The highest BCUT2D eigenvalue weighted by atomic mass is 19.1. The van der Waals surface area contributed by atoms with Gasteiger partial charge in [0.05, 0.1) is 25.4 Å². The lowest BCUT2D eigenvalue weighted by Crippen LogP contribution is -2.30. The number of nitrogens with zero attached hydrogens (tertiary/aromatic N) is 3. The van der Waals surface area contributed by atoms with E-state index in [0.29, 0.717) is 16.8 Å². The SMILES string of the molecule is COC(=O)/C=C/c1cc(F)cc(N(Cc2ccc(-c3ccc4c(cnn4C)c3)cc2)C(=O)c2ccccc2)c1. The summed E-state index contributed by atoms with van der Waals surface area (Å²) in [7, 11) is 3.18. The van der Waals surface area contributed by atoms with Crippen LogP contribution in [0.2, 0.25) is 0 Å². The Morgan fingerprint density at radius 3 is 2.44 bits per heavy atom. The van der Waals surface area contributed by atoms with E-state index in [9.17, 15) is 14.0 Å². The molecule has 0 aliphatic carbocycles. The molecule has 0 unspecified atom stereocenters. The summed E-state index contributed by atoms with van der Waals surface area (Å²) in [4.78, 5) is 26.7. The van der Waals surface area contributed by atoms with Crippen molar-refractivity contribution in [1.82, 2.24) is 9.78 Å². The number of methoxy groups -OCH3 is 1. The normalized spacial score (nSPS) is 11.2. The van der Waals surface area contributed by atoms with Gasteiger partial charge in [0.15, 0.2) is 0 Å². The van der Waals surface area contributed by atoms with E-state index in [1.165, 1.54) is 36.3 Å². The van der Waals surface area contributed by atoms with Crippen LogP contribution < -0.4 is 4.90 Å². The van der Waals surface area contributed by atoms with Gasteiger partial charge in [0.1, 0.15) is 5.82 Å². The zero-order valence-electron chi connectivity index (χ0n) is 21.5. The van der Waals surface area contributed by atoms with Crippen LogP contribution in [0.25, 0.3) is 28.1 Å². The quantitative estimate of drug-likeness (QED) is 0.184. The summed E-state index contributed by atoms with van der Waals surface area (Å²) in [6.07, 6.45) is 4.51. The number of aromatic nitrogens is 2. The van der Waals surface area contributed by atoms with E-state index in [4.69, 9.17) is 0 Å². The van der Waals surface area contributed by atoms with Crippen molar-refractivity contribution in [2.24, 2.45) is 7.05 Å². The lowest BCUT2D eigenvalue weighted by molar-refractivity contribution is -0.134. The number of rotatable bonds is 7. The summed E-state index contributed by atoms with van der Waals surface area (Å²) in [6, 6.07) is 27.3. The first kappa shape index (κ1) is 25.6. The van der Waals surface area contributed by atoms with Crippen LogP contribution in [0.15, 0.2) is 103 Å². The van der Waals surface area contributed by atoms with E-state index in [2.05, 4.69) is 22.0 Å². The van der Waals surface area contributed by atoms with Crippen molar-refractivity contribution in [2.45, 2.75) is 6.54 Å². The van der Waals surface area contributed by atoms with Gasteiger partial charge in [-0.05, 0) is 70.8 Å². The number of hydrogen-bond acceptors (Lipinski definition) is 4. The highest BCUT2D eigenvalue weighted by molar-refractivity contribution is 6.06. The first-order chi connectivity index (χ1) is 18.9. The van der Waals surface area contributed by atoms with Crippen LogP contribution in [0.1, 0.15) is 21.5 Å². The molecule has 5 aromatic rings. The van der Waals surface area contributed by atoms with Crippen LogP contribution in [0.4, 0.5) is 10.1 Å². The molecule has 0 saturated heterocycles. The minimum Gasteiger partial charge on any atom is -0.466 e. The molecular weight excluding hydrogens is 493 g/mol. The van der Waals surface area contributed by atoms with E-state index in [1.807, 2.05) is 54.3 Å². The number of aryl methyl sites for hydroxylation is 1. The van der Waals surface area contributed by atoms with E-state index < -0.39 is 11.8 Å². The fourth-order valence-electron chi connectivity index (χ4n) is 4.43. The number of ether oxygens (including phenoxy) is 1. The molecule has 0 saturated carbocycles. The number of anilines is 1. The molecule has 0 N–H and O–H groups in total. The zero-order chi connectivity index (χ0) is 27.4. The summed E-state index contributed by atoms with van der Waals surface area (Å²) in [5.74, 6) is -1.35. The molecule has 0 bridgehead atoms. The molecule has 0 fully saturated rings. The number of benzene rings is 4. The summed E-state index contributed by atoms with van der Waals surface area (Å²) in [5.41, 5.74) is 5.32. The van der Waals surface area contributed by atoms with Gasteiger partial charge in [0, 0.05) is 29.8 Å². The molecule has 1 heterocycles. The van der Waals surface area contributed by atoms with Gasteiger partial charge >= 0.3 is 5.97 Å². The Morgan fingerprint density at radius 2 is 1.69 bits per heavy atom. The number of amides is 1. The third-order valence-corrected chi connectivity index (χ3v) is 6.47. The predicted octanol–water partition coefficient (Wildman–Crippen LogP) is 6.41. The van der Waals surface area contributed by atoms with Crippen molar-refractivity contribution in [3.63, 3.8) is 0 Å². The second-order valence-electron chi connectivity index (χ2n) is 9.10. The number of fused-ring (bicyclic) bond motifs is 1. The Morgan fingerprint density at radius 1 is 0.949 bits per heavy atom. The number of esters is 1. The molecule has 1 aromatic heterocycles. The van der Waals surface area contributed by atoms with Crippen LogP contribution in [0.5, 0.6) is 0 Å². The van der Waals surface area contributed by atoms with Gasteiger partial charge in [-0.2, -0.15) is 5.10 Å². The smallest absolute Gasteiger partial charge is 0.330 e. The van der Waals surface area contributed by atoms with Crippen molar-refractivity contribution in [2.75, 3.05) is 12.0 Å². The molecule has 7 heteroatoms. The molecule has 0 radical (unpaired) electrons. The summed E-state index contributed by atoms with van der Waals surface area (Å²) in [6.45, 7) is 0.221. The average molecular weight is 520 g/mol. The standard InChI is InChI=1S/C32H26FN3O3/c1-35-30-14-13-26(18-27(30)20-34-35)24-11-8-22(9-12-24)21-36(32(38)25-6-4-3-5-7-25)29-17-23(16-28(33)19-29)10-15-31(37)39-2/h3-20H,21H2,1-2H3/b15-10+. The maximum atomic E-state index is 14.7. The lowest BCUT2D eigenvalue weighted by atomic mass is 10.0. The Labute approximate surface area is 225 Å². The number of carbonyl (C=O) groups excluding carboxylic acids is 2. The number of carbonyl (C=O) groups is 2. The van der Waals surface area contributed by atoms with Crippen molar-refractivity contribution in [3.05, 3.63) is 126 Å². The summed E-state index contributed by atoms with van der Waals surface area (Å²) < 4.78 is 21.1. The molecule has 0 atom stereocenters. The second-order valence-corrected chi connectivity index (χ2v) is 9.10. The molecule has 6 nitrogen and oxygen atoms in total. The lowest BCUT2D eigenvalue weighted by Gasteiger charge is -2.24. The molecule has 0 aliphatic rings. The topological polar surface area (TPSA) is 64.4 Å². The first-order valence-corrected chi connectivity index (χ1v) is 12.4. The molecule has 5 rings (SSSR count). The van der Waals surface area contributed by atoms with Gasteiger partial charge in [0.25, 0.3) is 5.91 Å². The van der Waals surface area contributed by atoms with Crippen LogP contribution in [0.3, 0.4) is 0 Å². The number of halogens is 1. The van der Waals surface area contributed by atoms with Gasteiger partial charge in [0.2, 0.25) is 0 Å². The van der Waals surface area contributed by atoms with Gasteiger partial charge in [-0.3, -0.25) is 9.48 Å². The maximum absolute atomic E-state index is 14.7. The van der Waals surface area contributed by atoms with Crippen LogP contribution >= 0.6 is 0 Å². The second kappa shape index (κ2) is 11.1. The van der Waals surface area contributed by atoms with Crippen LogP contribution in [0, 0.1) is 5.82 Å². The zero-order valence-corrected chi connectivity index (χ0v) is 21.5. The summed E-state index contributed by atoms with van der Waals surface area (Å²) in [5, 5.41) is 5.37. The highest BCUT2D eigenvalue weighted by Gasteiger charge is 2.19. The van der Waals surface area contributed by atoms with Gasteiger partial charge in [-0.25, -0.2) is 9.18 Å². The minimum atomic E-state index is -0.555. The van der Waals surface area contributed by atoms with E-state index >= 15 is 0 Å². The van der Waals surface area contributed by atoms with E-state index in [0.717, 1.165) is 27.6 Å². The largest absolute Gasteiger partial charge is 0.466 e. The van der Waals surface area contributed by atoms with Crippen molar-refractivity contribution in [3.8, 4) is 11.1 Å². The first-order valence-electron chi connectivity index (χ1n) is 12.4. The molecule has 0 aliphatic heterocycles. The van der Waals surface area contributed by atoms with Crippen LogP contribution in [-0.2, 0) is 23.1 Å². The van der Waals surface area contributed by atoms with Gasteiger partial charge in [-0.15, -0.1) is 0 Å². The van der Waals surface area contributed by atoms with Gasteiger partial charge < -0.3 is 9.64 Å². The Bertz CT molecular complexity index is 1670. The minimum absolute atomic E-state index is 0.221. The predicted molar refractivity (Wildman–Crippen MR) is 151 cm³/mol. The monoisotopic (exact) mass is 519 g/mol. The third-order valence-electron chi connectivity index (χ3n) is 6.47. The highest BCUT2D eigenvalue weighted by Crippen LogP contribution is 2.27. The van der Waals surface area contributed by atoms with Crippen molar-refractivity contribution in [1.29, 1.82) is 0 Å². The van der Waals surface area contributed by atoms with E-state index in [1.54, 1.807) is 30.3 Å². The fourth-order valence-corrected chi connectivity index (χ4v) is 4.43. The van der Waals surface area contributed by atoms with Crippen LogP contribution in [-0.4, -0.2) is 28.8 Å². The molecule has 1 amide bonds. The molecule has 194 valence electrons. The van der Waals surface area contributed by atoms with E-state index in [-0.39, 0.29) is 12.5 Å². The maximum Gasteiger partial charge on any atom is 0.330 e. The average Bonchev–Trinajstić information content (AvgIpc) is 3.34. The number of hydrogen-bond donors (Lipinski definition) is 0. The molecule has 39 heavy (non-hydrogen) atoms. The molecule has 0 spiro atoms. The Balaban J connectivity index is 1.47. The Kier molecular flexibility index (Phi) is 7.32. The molecular formula is C32H26FN3O3. The van der Waals surface area contributed by atoms with Crippen molar-refractivity contribution < 1.29 is 18.7 Å². The third kappa shape index (κ3) is 5.78.